The molecule has 0 N–H and O–H groups in total. The monoisotopic (exact) mass is 94.1 g/mol. The lowest BCUT2D eigenvalue weighted by Crippen LogP contribution is -1.49. The molecule has 0 bridgehead atoms. The van der Waals surface area contributed by atoms with E-state index in [4.69, 9.17) is 5.53 Å². The van der Waals surface area contributed by atoms with Gasteiger partial charge in [-0.1, -0.05) is 12.2 Å². The number of nitrogens with zero attached hydrogens (tertiary/aromatic N) is 2. The molecule has 0 fully saturated rings. The normalized spacial score (nSPS) is 7.57. The van der Waals surface area contributed by atoms with Gasteiger partial charge in [0.25, 0.3) is 5.87 Å². The summed E-state index contributed by atoms with van der Waals surface area (Å²) in [4.78, 5) is 2.62. The van der Waals surface area contributed by atoms with E-state index in [0.29, 0.717) is 0 Å². The van der Waals surface area contributed by atoms with Gasteiger partial charge in [0.15, 0.2) is 0 Å². The average molecular weight is 94.1 g/mol. The summed E-state index contributed by atoms with van der Waals surface area (Å²) >= 11 is 0. The highest BCUT2D eigenvalue weighted by molar-refractivity contribution is 5.48. The molecule has 0 unspecified atom stereocenters. The van der Waals surface area contributed by atoms with Gasteiger partial charge in [0.1, 0.15) is 0 Å². The maximum absolute atomic E-state index is 7.74. The second kappa shape index (κ2) is 4.90. The Bertz CT molecular complexity index is 134. The van der Waals surface area contributed by atoms with Gasteiger partial charge < -0.3 is 5.53 Å². The predicted molar refractivity (Wildman–Crippen MR) is 28.0 cm³/mol. The Kier molecular flexibility index (Phi) is 4.13. The van der Waals surface area contributed by atoms with Gasteiger partial charge in [-0.3, -0.25) is 0 Å². The molecule has 0 spiro atoms. The molecular weight excluding hydrogens is 88.1 g/mol. The Morgan fingerprint density at radius 3 is 2.86 bits per heavy atom. The molecule has 36 valence electrons. The lowest BCUT2D eigenvalue weighted by molar-refractivity contribution is 0.00805. The SMILES string of the molecule is CC=CC=C=[N+]=[N-]. The van der Waals surface area contributed by atoms with Crippen LogP contribution in [0.25, 0.3) is 5.53 Å². The Morgan fingerprint density at radius 1 is 1.71 bits per heavy atom. The number of hydrogen-bond donors (Lipinski definition) is 0. The molecule has 0 radical (unpaired) electrons. The molecule has 0 aliphatic carbocycles. The van der Waals surface area contributed by atoms with Crippen LogP contribution in [0.4, 0.5) is 0 Å². The van der Waals surface area contributed by atoms with Crippen LogP contribution in [0.3, 0.4) is 0 Å². The maximum Gasteiger partial charge on any atom is 0.299 e. The third-order valence-corrected chi connectivity index (χ3v) is 0.421. The molecule has 0 aliphatic rings. The van der Waals surface area contributed by atoms with Crippen LogP contribution in [0.5, 0.6) is 0 Å². The van der Waals surface area contributed by atoms with Crippen LogP contribution in [0.2, 0.25) is 0 Å². The van der Waals surface area contributed by atoms with Crippen molar-refractivity contribution in [3.63, 3.8) is 0 Å². The lowest BCUT2D eigenvalue weighted by Gasteiger charge is -1.53. The molecule has 0 aromatic rings. The summed E-state index contributed by atoms with van der Waals surface area (Å²) in [5.74, 6) is 2.22. The van der Waals surface area contributed by atoms with Gasteiger partial charge in [-0.15, -0.1) is 4.79 Å². The van der Waals surface area contributed by atoms with E-state index < -0.39 is 0 Å². The van der Waals surface area contributed by atoms with Gasteiger partial charge in [-0.25, -0.2) is 0 Å². The van der Waals surface area contributed by atoms with Crippen LogP contribution < -0.4 is 0 Å². The minimum Gasteiger partial charge on any atom is -0.348 e. The molecule has 0 saturated heterocycles. The van der Waals surface area contributed by atoms with Crippen LogP contribution in [-0.2, 0) is 0 Å². The summed E-state index contributed by atoms with van der Waals surface area (Å²) in [6.45, 7) is 1.87. The molecule has 2 nitrogen and oxygen atoms in total. The fourth-order valence-corrected chi connectivity index (χ4v) is 0.173. The van der Waals surface area contributed by atoms with Crippen LogP contribution in [-0.4, -0.2) is 10.7 Å². The van der Waals surface area contributed by atoms with Crippen LogP contribution in [0.15, 0.2) is 18.2 Å². The number of hydrogen-bond acceptors (Lipinski definition) is 0. The van der Waals surface area contributed by atoms with Gasteiger partial charge in [0.05, 0.1) is 6.08 Å². The van der Waals surface area contributed by atoms with Crippen molar-refractivity contribution < 1.29 is 4.79 Å². The smallest absolute Gasteiger partial charge is 0.299 e. The minimum atomic E-state index is 1.51. The third-order valence-electron chi connectivity index (χ3n) is 0.421. The highest BCUT2D eigenvalue weighted by Crippen LogP contribution is 1.64. The number of allylic oxidation sites excluding steroid dienone is 3. The highest BCUT2D eigenvalue weighted by atomic mass is 14.8. The highest BCUT2D eigenvalue weighted by Gasteiger charge is 1.55. The van der Waals surface area contributed by atoms with Crippen molar-refractivity contribution >= 4 is 5.87 Å². The topological polar surface area (TPSA) is 36.4 Å². The molecule has 0 aromatic carbocycles. The fourth-order valence-electron chi connectivity index (χ4n) is 0.173. The van der Waals surface area contributed by atoms with Crippen molar-refractivity contribution in [1.82, 2.24) is 0 Å². The van der Waals surface area contributed by atoms with Crippen molar-refractivity contribution in [2.45, 2.75) is 6.92 Å². The van der Waals surface area contributed by atoms with E-state index in [2.05, 4.69) is 10.7 Å². The van der Waals surface area contributed by atoms with E-state index in [1.54, 1.807) is 6.08 Å². The van der Waals surface area contributed by atoms with Gasteiger partial charge in [0.2, 0.25) is 0 Å². The Labute approximate surface area is 42.4 Å². The molecule has 7 heavy (non-hydrogen) atoms. The van der Waals surface area contributed by atoms with E-state index in [0.717, 1.165) is 0 Å². The Morgan fingerprint density at radius 2 is 2.43 bits per heavy atom. The molecule has 0 rings (SSSR count). The first-order valence-electron chi connectivity index (χ1n) is 1.96. The van der Waals surface area contributed by atoms with Crippen LogP contribution in [0, 0.1) is 0 Å². The summed E-state index contributed by atoms with van der Waals surface area (Å²) in [7, 11) is 0. The first-order chi connectivity index (χ1) is 3.41. The van der Waals surface area contributed by atoms with Crippen molar-refractivity contribution in [3.05, 3.63) is 23.8 Å². The largest absolute Gasteiger partial charge is 0.348 e. The predicted octanol–water partition coefficient (Wildman–Crippen LogP) is 1.02. The second-order valence-corrected chi connectivity index (χ2v) is 0.922. The fraction of sp³-hybridized carbons (Fsp3) is 0.200. The van der Waals surface area contributed by atoms with Crippen LogP contribution in [0.1, 0.15) is 6.92 Å². The first kappa shape index (κ1) is 5.90. The summed E-state index contributed by atoms with van der Waals surface area (Å²) in [6, 6.07) is 0. The van der Waals surface area contributed by atoms with Gasteiger partial charge in [-0.05, 0) is 6.92 Å². The van der Waals surface area contributed by atoms with Gasteiger partial charge >= 0.3 is 0 Å². The second-order valence-electron chi connectivity index (χ2n) is 0.922. The zero-order chi connectivity index (χ0) is 5.54. The summed E-state index contributed by atoms with van der Waals surface area (Å²) in [5, 5.41) is 0. The quantitative estimate of drug-likeness (QED) is 0.201. The lowest BCUT2D eigenvalue weighted by atomic mass is 10.5. The van der Waals surface area contributed by atoms with E-state index >= 15 is 0 Å². The first-order valence-corrected chi connectivity index (χ1v) is 1.96. The molecule has 0 heterocycles. The average Bonchev–Trinajstić information content (AvgIpc) is 1.69. The van der Waals surface area contributed by atoms with Crippen LogP contribution >= 0.6 is 0 Å². The molecule has 0 atom stereocenters. The molecule has 0 aliphatic heterocycles. The summed E-state index contributed by atoms with van der Waals surface area (Å²) in [5.41, 5.74) is 7.74. The van der Waals surface area contributed by atoms with Crippen molar-refractivity contribution in [2.24, 2.45) is 0 Å². The minimum absolute atomic E-state index is 1.51. The summed E-state index contributed by atoms with van der Waals surface area (Å²) in [6.07, 6.45) is 5.05. The Balaban J connectivity index is 3.71. The summed E-state index contributed by atoms with van der Waals surface area (Å²) < 4.78 is 0. The van der Waals surface area contributed by atoms with Crippen molar-refractivity contribution in [2.75, 3.05) is 0 Å². The van der Waals surface area contributed by atoms with E-state index in [-0.39, 0.29) is 0 Å². The Hall–Kier alpha value is -1.10. The zero-order valence-corrected chi connectivity index (χ0v) is 4.13. The van der Waals surface area contributed by atoms with Gasteiger partial charge in [0, 0.05) is 0 Å². The number of rotatable bonds is 1. The molecular formula is C5H6N2. The third kappa shape index (κ3) is 4.90. The zero-order valence-electron chi connectivity index (χ0n) is 4.13. The van der Waals surface area contributed by atoms with Crippen molar-refractivity contribution in [1.29, 1.82) is 0 Å². The molecule has 2 heteroatoms. The van der Waals surface area contributed by atoms with Crippen molar-refractivity contribution in [3.8, 4) is 0 Å². The van der Waals surface area contributed by atoms with E-state index in [9.17, 15) is 0 Å². The van der Waals surface area contributed by atoms with E-state index in [1.165, 1.54) is 6.08 Å². The van der Waals surface area contributed by atoms with Gasteiger partial charge in [-0.2, -0.15) is 0 Å². The van der Waals surface area contributed by atoms with E-state index in [1.807, 2.05) is 13.0 Å². The maximum atomic E-state index is 7.74. The molecule has 0 amide bonds. The molecule has 0 aromatic heterocycles. The molecule has 0 saturated carbocycles. The standard InChI is InChI=1S/C5H6N2/c1-2-3-4-5-7-6/h2-4H,1H3.